The molecule has 0 aliphatic carbocycles. The van der Waals surface area contributed by atoms with Crippen LogP contribution in [0.1, 0.15) is 15.9 Å². The average molecular weight is 363 g/mol. The van der Waals surface area contributed by atoms with E-state index in [9.17, 15) is 4.79 Å². The standard InChI is InChI=1S/C19H17N5OS/c1-11-2-3-13(17(25)24-19-21-6-7-26-19)9-15(11)12-4-5-16-14(8-12)10-22-18(20)23-16/h2-10,19,21H,1H3,(H,24,25)(H2,20,22,23). The summed E-state index contributed by atoms with van der Waals surface area (Å²) in [4.78, 5) is 20.8. The van der Waals surface area contributed by atoms with Crippen LogP contribution in [0, 0.1) is 6.92 Å². The number of fused-ring (bicyclic) bond motifs is 1. The van der Waals surface area contributed by atoms with Crippen LogP contribution >= 0.6 is 11.8 Å². The molecule has 3 aromatic rings. The van der Waals surface area contributed by atoms with Crippen molar-refractivity contribution in [1.29, 1.82) is 0 Å². The fraction of sp³-hybridized carbons (Fsp3) is 0.105. The fourth-order valence-corrected chi connectivity index (χ4v) is 3.50. The SMILES string of the molecule is Cc1ccc(C(=O)NC2NC=CS2)cc1-c1ccc2nc(N)ncc2c1. The minimum atomic E-state index is -0.129. The molecule has 0 spiro atoms. The molecule has 0 saturated heterocycles. The quantitative estimate of drug-likeness (QED) is 0.662. The lowest BCUT2D eigenvalue weighted by Crippen LogP contribution is -2.38. The van der Waals surface area contributed by atoms with Crippen molar-refractivity contribution in [3.05, 3.63) is 65.3 Å². The molecule has 2 aromatic carbocycles. The summed E-state index contributed by atoms with van der Waals surface area (Å²) in [6.07, 6.45) is 3.53. The lowest BCUT2D eigenvalue weighted by molar-refractivity contribution is 0.0948. The predicted octanol–water partition coefficient (Wildman–Crippen LogP) is 3.01. The topological polar surface area (TPSA) is 92.9 Å². The molecule has 4 N–H and O–H groups in total. The molecule has 4 rings (SSSR count). The maximum atomic E-state index is 12.5. The van der Waals surface area contributed by atoms with E-state index in [1.807, 2.05) is 54.9 Å². The van der Waals surface area contributed by atoms with Gasteiger partial charge in [0.1, 0.15) is 0 Å². The van der Waals surface area contributed by atoms with Crippen molar-refractivity contribution in [1.82, 2.24) is 20.6 Å². The summed E-state index contributed by atoms with van der Waals surface area (Å²) in [7, 11) is 0. The molecule has 6 nitrogen and oxygen atoms in total. The first-order chi connectivity index (χ1) is 12.6. The van der Waals surface area contributed by atoms with Gasteiger partial charge in [-0.25, -0.2) is 9.97 Å². The Hall–Kier alpha value is -3.06. The normalized spacial score (nSPS) is 15.8. The molecule has 0 radical (unpaired) electrons. The highest BCUT2D eigenvalue weighted by molar-refractivity contribution is 8.02. The molecular weight excluding hydrogens is 346 g/mol. The number of benzene rings is 2. The van der Waals surface area contributed by atoms with E-state index in [0.717, 1.165) is 27.6 Å². The highest BCUT2D eigenvalue weighted by atomic mass is 32.2. The van der Waals surface area contributed by atoms with Crippen LogP contribution in [0.5, 0.6) is 0 Å². The number of aryl methyl sites for hydroxylation is 1. The van der Waals surface area contributed by atoms with E-state index >= 15 is 0 Å². The number of aromatic nitrogens is 2. The Morgan fingerprint density at radius 2 is 2.15 bits per heavy atom. The van der Waals surface area contributed by atoms with Gasteiger partial charge in [-0.1, -0.05) is 23.9 Å². The number of hydrogen-bond donors (Lipinski definition) is 3. The Morgan fingerprint density at radius 3 is 2.96 bits per heavy atom. The Balaban J connectivity index is 1.67. The van der Waals surface area contributed by atoms with Crippen molar-refractivity contribution >= 4 is 34.5 Å². The van der Waals surface area contributed by atoms with Gasteiger partial charge in [0.25, 0.3) is 5.91 Å². The smallest absolute Gasteiger partial charge is 0.253 e. The van der Waals surface area contributed by atoms with Crippen LogP contribution in [0.2, 0.25) is 0 Å². The van der Waals surface area contributed by atoms with E-state index in [1.165, 1.54) is 11.8 Å². The molecule has 1 aliphatic rings. The lowest BCUT2D eigenvalue weighted by Gasteiger charge is -2.14. The van der Waals surface area contributed by atoms with Gasteiger partial charge in [-0.2, -0.15) is 0 Å². The number of amides is 1. The predicted molar refractivity (Wildman–Crippen MR) is 105 cm³/mol. The van der Waals surface area contributed by atoms with E-state index in [-0.39, 0.29) is 17.4 Å². The number of hydrogen-bond acceptors (Lipinski definition) is 6. The number of carbonyl (C=O) groups excluding carboxylic acids is 1. The van der Waals surface area contributed by atoms with Crippen LogP contribution in [0.4, 0.5) is 5.95 Å². The summed E-state index contributed by atoms with van der Waals surface area (Å²) in [5.74, 6) is 0.143. The zero-order valence-electron chi connectivity index (χ0n) is 14.1. The summed E-state index contributed by atoms with van der Waals surface area (Å²) in [5.41, 5.74) is 10.0. The van der Waals surface area contributed by atoms with Crippen LogP contribution in [0.15, 0.2) is 54.2 Å². The Bertz CT molecular complexity index is 1030. The van der Waals surface area contributed by atoms with Crippen molar-refractivity contribution in [3.8, 4) is 11.1 Å². The van der Waals surface area contributed by atoms with E-state index in [0.29, 0.717) is 5.56 Å². The summed E-state index contributed by atoms with van der Waals surface area (Å²) in [6, 6.07) is 11.6. The first kappa shape index (κ1) is 16.4. The molecule has 1 amide bonds. The molecule has 0 bridgehead atoms. The van der Waals surface area contributed by atoms with Gasteiger partial charge in [0.15, 0.2) is 5.50 Å². The van der Waals surface area contributed by atoms with Crippen LogP contribution in [-0.4, -0.2) is 21.4 Å². The average Bonchev–Trinajstić information content (AvgIpc) is 3.14. The van der Waals surface area contributed by atoms with Crippen molar-refractivity contribution in [2.24, 2.45) is 0 Å². The van der Waals surface area contributed by atoms with Crippen molar-refractivity contribution in [2.45, 2.75) is 12.4 Å². The molecular formula is C19H17N5OS. The maximum Gasteiger partial charge on any atom is 0.253 e. The largest absolute Gasteiger partial charge is 0.368 e. The summed E-state index contributed by atoms with van der Waals surface area (Å²) >= 11 is 1.52. The molecule has 2 heterocycles. The number of nitrogen functional groups attached to an aromatic ring is 1. The third-order valence-corrected chi connectivity index (χ3v) is 5.02. The first-order valence-electron chi connectivity index (χ1n) is 8.11. The molecule has 130 valence electrons. The van der Waals surface area contributed by atoms with Crippen molar-refractivity contribution in [3.63, 3.8) is 0 Å². The number of nitrogens with zero attached hydrogens (tertiary/aromatic N) is 2. The van der Waals surface area contributed by atoms with Crippen molar-refractivity contribution in [2.75, 3.05) is 5.73 Å². The van der Waals surface area contributed by atoms with Gasteiger partial charge in [0.2, 0.25) is 5.95 Å². The number of thioether (sulfide) groups is 1. The Morgan fingerprint density at radius 1 is 1.27 bits per heavy atom. The van der Waals surface area contributed by atoms with Crippen LogP contribution in [0.25, 0.3) is 22.0 Å². The molecule has 26 heavy (non-hydrogen) atoms. The third kappa shape index (κ3) is 3.21. The molecule has 0 fully saturated rings. The minimum absolute atomic E-state index is 0.114. The number of nitrogens with one attached hydrogen (secondary N) is 2. The maximum absolute atomic E-state index is 12.5. The Kier molecular flexibility index (Phi) is 4.22. The van der Waals surface area contributed by atoms with Gasteiger partial charge in [0, 0.05) is 23.3 Å². The molecule has 7 heteroatoms. The number of anilines is 1. The van der Waals surface area contributed by atoms with Gasteiger partial charge in [0.05, 0.1) is 5.52 Å². The molecule has 1 unspecified atom stereocenters. The van der Waals surface area contributed by atoms with Gasteiger partial charge >= 0.3 is 0 Å². The second-order valence-corrected chi connectivity index (χ2v) is 7.01. The summed E-state index contributed by atoms with van der Waals surface area (Å²) < 4.78 is 0. The van der Waals surface area contributed by atoms with Gasteiger partial charge in [-0.15, -0.1) is 0 Å². The van der Waals surface area contributed by atoms with E-state index in [2.05, 4.69) is 20.6 Å². The minimum Gasteiger partial charge on any atom is -0.368 e. The number of nitrogens with two attached hydrogens (primary N) is 1. The molecule has 1 atom stereocenters. The molecule has 0 saturated carbocycles. The second-order valence-electron chi connectivity index (χ2n) is 5.99. The second kappa shape index (κ2) is 6.68. The zero-order chi connectivity index (χ0) is 18.1. The number of carbonyl (C=O) groups is 1. The first-order valence-corrected chi connectivity index (χ1v) is 9.05. The fourth-order valence-electron chi connectivity index (χ4n) is 2.85. The zero-order valence-corrected chi connectivity index (χ0v) is 14.9. The number of rotatable bonds is 3. The van der Waals surface area contributed by atoms with E-state index < -0.39 is 0 Å². The lowest BCUT2D eigenvalue weighted by atomic mass is 9.97. The van der Waals surface area contributed by atoms with Crippen LogP contribution in [0.3, 0.4) is 0 Å². The summed E-state index contributed by atoms with van der Waals surface area (Å²) in [6.45, 7) is 2.03. The van der Waals surface area contributed by atoms with E-state index in [4.69, 9.17) is 5.73 Å². The third-order valence-electron chi connectivity index (χ3n) is 4.20. The van der Waals surface area contributed by atoms with Gasteiger partial charge in [-0.05, 0) is 53.3 Å². The molecule has 1 aliphatic heterocycles. The monoisotopic (exact) mass is 363 g/mol. The van der Waals surface area contributed by atoms with Crippen LogP contribution < -0.4 is 16.4 Å². The highest BCUT2D eigenvalue weighted by Gasteiger charge is 2.16. The Labute approximate surface area is 154 Å². The summed E-state index contributed by atoms with van der Waals surface area (Å²) in [5, 5.41) is 8.83. The van der Waals surface area contributed by atoms with E-state index in [1.54, 1.807) is 6.20 Å². The molecule has 1 aromatic heterocycles. The van der Waals surface area contributed by atoms with Gasteiger partial charge < -0.3 is 16.4 Å². The van der Waals surface area contributed by atoms with Gasteiger partial charge in [-0.3, -0.25) is 4.79 Å². The highest BCUT2D eigenvalue weighted by Crippen LogP contribution is 2.27. The van der Waals surface area contributed by atoms with Crippen molar-refractivity contribution < 1.29 is 4.79 Å². The van der Waals surface area contributed by atoms with Crippen LogP contribution in [-0.2, 0) is 0 Å².